The lowest BCUT2D eigenvalue weighted by Crippen LogP contribution is -2.45. The van der Waals surface area contributed by atoms with Gasteiger partial charge in [0.2, 0.25) is 5.91 Å². The Morgan fingerprint density at radius 1 is 1.20 bits per heavy atom. The highest BCUT2D eigenvalue weighted by atomic mass is 127. The third kappa shape index (κ3) is 6.87. The van der Waals surface area contributed by atoms with Gasteiger partial charge in [0.25, 0.3) is 0 Å². The average Bonchev–Trinajstić information content (AvgIpc) is 3.41. The normalized spacial score (nSPS) is 16.8. The molecule has 0 radical (unpaired) electrons. The van der Waals surface area contributed by atoms with Crippen LogP contribution in [-0.2, 0) is 4.79 Å². The second-order valence-electron chi connectivity index (χ2n) is 8.02. The van der Waals surface area contributed by atoms with Crippen molar-refractivity contribution in [3.05, 3.63) is 24.2 Å². The number of guanidine groups is 1. The van der Waals surface area contributed by atoms with Crippen molar-refractivity contribution < 1.29 is 9.21 Å². The molecule has 1 fully saturated rings. The Kier molecular flexibility index (Phi) is 11.8. The summed E-state index contributed by atoms with van der Waals surface area (Å²) in [6, 6.07) is 4.09. The number of nitrogens with zero attached hydrogens (tertiary/aromatic N) is 3. The lowest BCUT2D eigenvalue weighted by molar-refractivity contribution is -0.138. The quantitative estimate of drug-likeness (QED) is 0.274. The summed E-state index contributed by atoms with van der Waals surface area (Å²) in [6.07, 6.45) is 5.76. The molecule has 2 N–H and O–H groups in total. The fraction of sp³-hybridized carbons (Fsp3) is 0.727. The van der Waals surface area contributed by atoms with Gasteiger partial charge in [-0.2, -0.15) is 0 Å². The monoisotopic (exact) mass is 533 g/mol. The van der Waals surface area contributed by atoms with Gasteiger partial charge in [-0.05, 0) is 45.0 Å². The minimum absolute atomic E-state index is 0. The van der Waals surface area contributed by atoms with Crippen molar-refractivity contribution in [1.82, 2.24) is 20.4 Å². The molecule has 1 atom stereocenters. The van der Waals surface area contributed by atoms with Gasteiger partial charge in [0, 0.05) is 27.2 Å². The standard InChI is InChI=1S/C22H39N5O2.HI/c1-6-23-21(25-17-22(13-9-10-14-22)20(28)26(4)5)24-16-18(27(7-2)8-3)19-12-11-15-29-19;/h11-12,15,18H,6-10,13-14,16-17H2,1-5H3,(H2,23,24,25);1H. The minimum atomic E-state index is -0.356. The minimum Gasteiger partial charge on any atom is -0.468 e. The summed E-state index contributed by atoms with van der Waals surface area (Å²) in [5.41, 5.74) is -0.356. The first-order chi connectivity index (χ1) is 14.0. The van der Waals surface area contributed by atoms with Crippen molar-refractivity contribution in [3.8, 4) is 0 Å². The Morgan fingerprint density at radius 3 is 2.37 bits per heavy atom. The molecular weight excluding hydrogens is 493 g/mol. The van der Waals surface area contributed by atoms with Crippen LogP contribution in [0.25, 0.3) is 0 Å². The number of furan rings is 1. The lowest BCUT2D eigenvalue weighted by Gasteiger charge is -2.30. The fourth-order valence-corrected chi connectivity index (χ4v) is 4.29. The summed E-state index contributed by atoms with van der Waals surface area (Å²) in [4.78, 5) is 21.7. The third-order valence-electron chi connectivity index (χ3n) is 5.89. The third-order valence-corrected chi connectivity index (χ3v) is 5.89. The van der Waals surface area contributed by atoms with Gasteiger partial charge in [-0.15, -0.1) is 24.0 Å². The van der Waals surface area contributed by atoms with E-state index in [0.717, 1.165) is 57.0 Å². The predicted octanol–water partition coefficient (Wildman–Crippen LogP) is 3.48. The van der Waals surface area contributed by atoms with E-state index in [1.165, 1.54) is 0 Å². The maximum atomic E-state index is 12.8. The Morgan fingerprint density at radius 2 is 1.87 bits per heavy atom. The van der Waals surface area contributed by atoms with Crippen LogP contribution in [-0.4, -0.2) is 68.5 Å². The molecule has 0 bridgehead atoms. The molecule has 1 aromatic rings. The van der Waals surface area contributed by atoms with Crippen LogP contribution in [0.3, 0.4) is 0 Å². The number of aliphatic imine (C=N–C) groups is 1. The molecule has 7 nitrogen and oxygen atoms in total. The number of halogens is 1. The highest BCUT2D eigenvalue weighted by molar-refractivity contribution is 14.0. The number of nitrogens with one attached hydrogen (secondary N) is 2. The average molecular weight is 533 g/mol. The lowest BCUT2D eigenvalue weighted by atomic mass is 9.85. The number of hydrogen-bond donors (Lipinski definition) is 2. The Labute approximate surface area is 199 Å². The van der Waals surface area contributed by atoms with Gasteiger partial charge in [0.1, 0.15) is 5.76 Å². The molecule has 1 aromatic heterocycles. The highest BCUT2D eigenvalue weighted by Crippen LogP contribution is 2.39. The predicted molar refractivity (Wildman–Crippen MR) is 133 cm³/mol. The Hall–Kier alpha value is -1.29. The SMILES string of the molecule is CCNC(=NCC1(C(=O)N(C)C)CCCC1)NCC(c1ccco1)N(CC)CC.I. The van der Waals surface area contributed by atoms with E-state index in [1.807, 2.05) is 26.2 Å². The molecule has 1 amide bonds. The highest BCUT2D eigenvalue weighted by Gasteiger charge is 2.42. The molecule has 1 aliphatic rings. The van der Waals surface area contributed by atoms with E-state index in [9.17, 15) is 4.79 Å². The molecule has 1 unspecified atom stereocenters. The molecule has 1 aliphatic carbocycles. The summed E-state index contributed by atoms with van der Waals surface area (Å²) < 4.78 is 5.70. The first-order valence-electron chi connectivity index (χ1n) is 11.0. The topological polar surface area (TPSA) is 73.1 Å². The molecule has 0 aliphatic heterocycles. The Balaban J connectivity index is 0.00000450. The van der Waals surface area contributed by atoms with Gasteiger partial charge in [-0.1, -0.05) is 26.7 Å². The van der Waals surface area contributed by atoms with Gasteiger partial charge in [0.05, 0.1) is 24.3 Å². The van der Waals surface area contributed by atoms with Crippen molar-refractivity contribution in [2.45, 2.75) is 52.5 Å². The van der Waals surface area contributed by atoms with Crippen molar-refractivity contribution in [2.24, 2.45) is 10.4 Å². The van der Waals surface area contributed by atoms with Gasteiger partial charge < -0.3 is 20.0 Å². The summed E-state index contributed by atoms with van der Waals surface area (Å²) in [5, 5.41) is 6.81. The zero-order valence-corrected chi connectivity index (χ0v) is 21.6. The number of likely N-dealkylation sites (N-methyl/N-ethyl adjacent to an activating group) is 1. The van der Waals surface area contributed by atoms with Crippen LogP contribution < -0.4 is 10.6 Å². The molecular formula is C22H40IN5O2. The maximum Gasteiger partial charge on any atom is 0.230 e. The van der Waals surface area contributed by atoms with Crippen molar-refractivity contribution in [1.29, 1.82) is 0 Å². The van der Waals surface area contributed by atoms with Crippen LogP contribution in [0.15, 0.2) is 27.8 Å². The number of hydrogen-bond acceptors (Lipinski definition) is 4. The number of carbonyl (C=O) groups excluding carboxylic acids is 1. The van der Waals surface area contributed by atoms with Gasteiger partial charge in [0.15, 0.2) is 5.96 Å². The molecule has 0 aromatic carbocycles. The van der Waals surface area contributed by atoms with E-state index in [4.69, 9.17) is 9.41 Å². The summed E-state index contributed by atoms with van der Waals surface area (Å²) in [7, 11) is 3.68. The van der Waals surface area contributed by atoms with E-state index in [1.54, 1.807) is 11.2 Å². The number of amides is 1. The molecule has 2 rings (SSSR count). The number of carbonyl (C=O) groups is 1. The van der Waals surface area contributed by atoms with Crippen LogP contribution in [0.5, 0.6) is 0 Å². The van der Waals surface area contributed by atoms with Gasteiger partial charge >= 0.3 is 0 Å². The molecule has 1 heterocycles. The molecule has 172 valence electrons. The maximum absolute atomic E-state index is 12.8. The molecule has 0 spiro atoms. The van der Waals surface area contributed by atoms with E-state index in [0.29, 0.717) is 13.1 Å². The fourth-order valence-electron chi connectivity index (χ4n) is 4.29. The van der Waals surface area contributed by atoms with Crippen molar-refractivity contribution in [3.63, 3.8) is 0 Å². The van der Waals surface area contributed by atoms with E-state index in [2.05, 4.69) is 36.3 Å². The zero-order valence-electron chi connectivity index (χ0n) is 19.2. The van der Waals surface area contributed by atoms with Crippen LogP contribution in [0.2, 0.25) is 0 Å². The molecule has 0 saturated heterocycles. The van der Waals surface area contributed by atoms with Crippen LogP contribution >= 0.6 is 24.0 Å². The second kappa shape index (κ2) is 13.2. The largest absolute Gasteiger partial charge is 0.468 e. The van der Waals surface area contributed by atoms with Crippen LogP contribution in [0, 0.1) is 5.41 Å². The van der Waals surface area contributed by atoms with E-state index >= 15 is 0 Å². The smallest absolute Gasteiger partial charge is 0.230 e. The van der Waals surface area contributed by atoms with Gasteiger partial charge in [-0.25, -0.2) is 0 Å². The number of rotatable bonds is 10. The van der Waals surface area contributed by atoms with E-state index in [-0.39, 0.29) is 41.3 Å². The van der Waals surface area contributed by atoms with Crippen molar-refractivity contribution >= 4 is 35.8 Å². The van der Waals surface area contributed by atoms with Crippen molar-refractivity contribution in [2.75, 3.05) is 46.8 Å². The molecule has 1 saturated carbocycles. The molecule has 8 heteroatoms. The first-order valence-corrected chi connectivity index (χ1v) is 11.0. The summed E-state index contributed by atoms with van der Waals surface area (Å²) >= 11 is 0. The van der Waals surface area contributed by atoms with E-state index < -0.39 is 0 Å². The Bertz CT molecular complexity index is 638. The van der Waals surface area contributed by atoms with Crippen LogP contribution in [0.4, 0.5) is 0 Å². The molecule has 30 heavy (non-hydrogen) atoms. The first kappa shape index (κ1) is 26.7. The summed E-state index contributed by atoms with van der Waals surface area (Å²) in [5.74, 6) is 1.91. The van der Waals surface area contributed by atoms with Gasteiger partial charge in [-0.3, -0.25) is 14.7 Å². The van der Waals surface area contributed by atoms with Crippen LogP contribution in [0.1, 0.15) is 58.3 Å². The zero-order chi connectivity index (χ0) is 21.3. The summed E-state index contributed by atoms with van der Waals surface area (Å²) in [6.45, 7) is 10.3. The second-order valence-corrected chi connectivity index (χ2v) is 8.02.